The van der Waals surface area contributed by atoms with Crippen LogP contribution in [-0.4, -0.2) is 32.2 Å². The molecule has 0 spiro atoms. The molecular formula is C15H31NSi. The Morgan fingerprint density at radius 2 is 1.47 bits per heavy atom. The fourth-order valence-electron chi connectivity index (χ4n) is 3.11. The van der Waals surface area contributed by atoms with Gasteiger partial charge in [-0.15, -0.1) is 6.58 Å². The van der Waals surface area contributed by atoms with Crippen molar-refractivity contribution in [2.24, 2.45) is 0 Å². The van der Waals surface area contributed by atoms with Crippen LogP contribution in [0.3, 0.4) is 0 Å². The highest BCUT2D eigenvalue weighted by Gasteiger charge is 2.32. The third kappa shape index (κ3) is 4.25. The summed E-state index contributed by atoms with van der Waals surface area (Å²) in [4.78, 5) is 2.76. The first-order chi connectivity index (χ1) is 8.14. The minimum atomic E-state index is -1.22. The maximum Gasteiger partial charge on any atom is 0.0941 e. The molecule has 0 saturated carbocycles. The molecule has 0 unspecified atom stereocenters. The van der Waals surface area contributed by atoms with E-state index in [2.05, 4.69) is 32.3 Å². The molecule has 17 heavy (non-hydrogen) atoms. The van der Waals surface area contributed by atoms with Crippen molar-refractivity contribution in [1.82, 2.24) is 4.90 Å². The van der Waals surface area contributed by atoms with Crippen LogP contribution >= 0.6 is 0 Å². The van der Waals surface area contributed by atoms with Gasteiger partial charge < -0.3 is 4.90 Å². The second-order valence-electron chi connectivity index (χ2n) is 5.81. The normalized spacial score (nSPS) is 19.7. The van der Waals surface area contributed by atoms with E-state index in [0.717, 1.165) is 0 Å². The van der Waals surface area contributed by atoms with Crippen LogP contribution in [0.25, 0.3) is 0 Å². The van der Waals surface area contributed by atoms with E-state index >= 15 is 0 Å². The lowest BCUT2D eigenvalue weighted by atomic mass is 10.1. The highest BCUT2D eigenvalue weighted by Crippen LogP contribution is 2.25. The Morgan fingerprint density at radius 1 is 1.00 bits per heavy atom. The van der Waals surface area contributed by atoms with E-state index in [9.17, 15) is 0 Å². The van der Waals surface area contributed by atoms with Crippen molar-refractivity contribution in [3.63, 3.8) is 0 Å². The molecule has 0 aromatic rings. The van der Waals surface area contributed by atoms with Crippen LogP contribution in [-0.2, 0) is 0 Å². The van der Waals surface area contributed by atoms with Crippen molar-refractivity contribution in [3.8, 4) is 0 Å². The van der Waals surface area contributed by atoms with Gasteiger partial charge in [0.05, 0.1) is 8.07 Å². The van der Waals surface area contributed by atoms with Gasteiger partial charge in [0.2, 0.25) is 0 Å². The topological polar surface area (TPSA) is 3.24 Å². The summed E-state index contributed by atoms with van der Waals surface area (Å²) in [6.45, 7) is 14.0. The lowest BCUT2D eigenvalue weighted by Gasteiger charge is -2.37. The van der Waals surface area contributed by atoms with Crippen LogP contribution in [0.2, 0.25) is 12.1 Å². The van der Waals surface area contributed by atoms with Gasteiger partial charge in [0, 0.05) is 0 Å². The Morgan fingerprint density at radius 3 is 1.88 bits per heavy atom. The van der Waals surface area contributed by atoms with Crippen LogP contribution in [0.4, 0.5) is 0 Å². The first-order valence-corrected chi connectivity index (χ1v) is 10.1. The van der Waals surface area contributed by atoms with Crippen LogP contribution in [0.15, 0.2) is 11.8 Å². The van der Waals surface area contributed by atoms with Gasteiger partial charge in [-0.2, -0.15) is 0 Å². The maximum atomic E-state index is 4.31. The summed E-state index contributed by atoms with van der Waals surface area (Å²) in [5, 5.41) is 1.52. The van der Waals surface area contributed by atoms with Crippen molar-refractivity contribution in [1.29, 1.82) is 0 Å². The Balaban J connectivity index is 2.60. The van der Waals surface area contributed by atoms with Crippen molar-refractivity contribution in [3.05, 3.63) is 11.8 Å². The highest BCUT2D eigenvalue weighted by molar-refractivity contribution is 6.86. The molecule has 100 valence electrons. The molecule has 1 aliphatic rings. The van der Waals surface area contributed by atoms with Crippen molar-refractivity contribution >= 4 is 8.07 Å². The zero-order valence-corrected chi connectivity index (χ0v) is 13.2. The van der Waals surface area contributed by atoms with E-state index in [4.69, 9.17) is 0 Å². The Labute approximate surface area is 109 Å². The molecule has 1 rings (SSSR count). The molecule has 1 aliphatic heterocycles. The van der Waals surface area contributed by atoms with Crippen LogP contribution in [0.5, 0.6) is 0 Å². The molecule has 0 bridgehead atoms. The molecule has 2 heteroatoms. The fourth-order valence-corrected chi connectivity index (χ4v) is 6.71. The Bertz CT molecular complexity index is 225. The molecule has 0 N–H and O–H groups in total. The second kappa shape index (κ2) is 7.37. The molecule has 0 atom stereocenters. The quantitative estimate of drug-likeness (QED) is 0.657. The Hall–Kier alpha value is -0.0831. The molecule has 0 aliphatic carbocycles. The van der Waals surface area contributed by atoms with Crippen molar-refractivity contribution in [2.45, 2.75) is 65.0 Å². The summed E-state index contributed by atoms with van der Waals surface area (Å²) in [5.74, 6) is 0. The summed E-state index contributed by atoms with van der Waals surface area (Å²) in [5.41, 5.74) is 0. The minimum Gasteiger partial charge on any atom is -0.306 e. The zero-order chi connectivity index (χ0) is 12.7. The highest BCUT2D eigenvalue weighted by atomic mass is 28.3. The number of hydrogen-bond donors (Lipinski definition) is 0. The SMILES string of the molecule is C=C(C)[Si](CC)(CC)CN1CCCCCCC1. The fraction of sp³-hybridized carbons (Fsp3) is 0.867. The van der Waals surface area contributed by atoms with E-state index < -0.39 is 8.07 Å². The standard InChI is InChI=1S/C15H31NSi/c1-5-17(6-2,15(3)4)14-16-12-10-8-7-9-11-13-16/h3,5-14H2,1-2,4H3. The number of allylic oxidation sites excluding steroid dienone is 1. The molecular weight excluding hydrogens is 222 g/mol. The molecule has 0 amide bonds. The van der Waals surface area contributed by atoms with Gasteiger partial charge >= 0.3 is 0 Å². The molecule has 1 saturated heterocycles. The zero-order valence-electron chi connectivity index (χ0n) is 12.2. The van der Waals surface area contributed by atoms with Crippen molar-refractivity contribution in [2.75, 3.05) is 19.3 Å². The van der Waals surface area contributed by atoms with Crippen LogP contribution in [0, 0.1) is 0 Å². The van der Waals surface area contributed by atoms with E-state index in [1.807, 2.05) is 0 Å². The van der Waals surface area contributed by atoms with E-state index in [-0.39, 0.29) is 0 Å². The molecule has 0 radical (unpaired) electrons. The number of nitrogens with zero attached hydrogens (tertiary/aromatic N) is 1. The maximum absolute atomic E-state index is 4.31. The summed E-state index contributed by atoms with van der Waals surface area (Å²) in [6.07, 6.45) is 8.53. The third-order valence-electron chi connectivity index (χ3n) is 4.73. The summed E-state index contributed by atoms with van der Waals surface area (Å²) < 4.78 is 0. The van der Waals surface area contributed by atoms with Crippen LogP contribution in [0.1, 0.15) is 52.9 Å². The van der Waals surface area contributed by atoms with Gasteiger partial charge in [-0.05, 0) is 39.0 Å². The van der Waals surface area contributed by atoms with E-state index in [0.29, 0.717) is 0 Å². The van der Waals surface area contributed by atoms with Gasteiger partial charge in [-0.1, -0.05) is 50.4 Å². The van der Waals surface area contributed by atoms with Gasteiger partial charge in [-0.3, -0.25) is 0 Å². The van der Waals surface area contributed by atoms with Gasteiger partial charge in [0.15, 0.2) is 0 Å². The predicted molar refractivity (Wildman–Crippen MR) is 81.1 cm³/mol. The lowest BCUT2D eigenvalue weighted by Crippen LogP contribution is -2.48. The predicted octanol–water partition coefficient (Wildman–Crippen LogP) is 4.40. The lowest BCUT2D eigenvalue weighted by molar-refractivity contribution is 0.278. The third-order valence-corrected chi connectivity index (χ3v) is 10.3. The van der Waals surface area contributed by atoms with E-state index in [1.165, 1.54) is 68.6 Å². The van der Waals surface area contributed by atoms with E-state index in [1.54, 1.807) is 0 Å². The summed E-state index contributed by atoms with van der Waals surface area (Å²) in [7, 11) is -1.22. The van der Waals surface area contributed by atoms with Gasteiger partial charge in [0.25, 0.3) is 0 Å². The largest absolute Gasteiger partial charge is 0.306 e. The Kier molecular flexibility index (Phi) is 6.50. The summed E-state index contributed by atoms with van der Waals surface area (Å²) >= 11 is 0. The second-order valence-corrected chi connectivity index (χ2v) is 11.0. The molecule has 1 heterocycles. The average Bonchev–Trinajstić information content (AvgIpc) is 2.28. The number of hydrogen-bond acceptors (Lipinski definition) is 1. The smallest absolute Gasteiger partial charge is 0.0941 e. The monoisotopic (exact) mass is 253 g/mol. The molecule has 0 aromatic carbocycles. The molecule has 1 nitrogen and oxygen atoms in total. The number of rotatable bonds is 5. The molecule has 1 fully saturated rings. The molecule has 0 aromatic heterocycles. The van der Waals surface area contributed by atoms with Crippen molar-refractivity contribution < 1.29 is 0 Å². The average molecular weight is 254 g/mol. The summed E-state index contributed by atoms with van der Waals surface area (Å²) in [6, 6.07) is 2.74. The minimum absolute atomic E-state index is 1.22. The van der Waals surface area contributed by atoms with Crippen LogP contribution < -0.4 is 0 Å². The van der Waals surface area contributed by atoms with Gasteiger partial charge in [-0.25, -0.2) is 0 Å². The number of likely N-dealkylation sites (tertiary alicyclic amines) is 1. The first kappa shape index (κ1) is 15.0. The first-order valence-electron chi connectivity index (χ1n) is 7.53. The van der Waals surface area contributed by atoms with Gasteiger partial charge in [0.1, 0.15) is 0 Å².